The Labute approximate surface area is 146 Å². The number of hydrogen-bond acceptors (Lipinski definition) is 2. The molecule has 0 amide bonds. The first-order valence-electron chi connectivity index (χ1n) is 9.69. The molecule has 3 aliphatic rings. The van der Waals surface area contributed by atoms with Gasteiger partial charge in [0.05, 0.1) is 7.11 Å². The van der Waals surface area contributed by atoms with Gasteiger partial charge in [-0.2, -0.15) is 0 Å². The van der Waals surface area contributed by atoms with Gasteiger partial charge in [-0.1, -0.05) is 26.8 Å². The smallest absolute Gasteiger partial charge is 0.119 e. The lowest BCUT2D eigenvalue weighted by Gasteiger charge is -2.57. The fourth-order valence-electron chi connectivity index (χ4n) is 6.79. The van der Waals surface area contributed by atoms with Crippen LogP contribution >= 0.6 is 0 Å². The monoisotopic (exact) mass is 328 g/mol. The molecule has 2 heteroatoms. The summed E-state index contributed by atoms with van der Waals surface area (Å²) in [6.07, 6.45) is 6.34. The molecule has 0 radical (unpaired) electrons. The van der Waals surface area contributed by atoms with Gasteiger partial charge >= 0.3 is 0 Å². The molecule has 0 heterocycles. The molecular formula is C22H32O2. The molecule has 0 aliphatic heterocycles. The minimum Gasteiger partial charge on any atom is -0.497 e. The zero-order chi connectivity index (χ0) is 17.1. The van der Waals surface area contributed by atoms with Crippen molar-refractivity contribution < 1.29 is 9.84 Å². The van der Waals surface area contributed by atoms with Crippen LogP contribution in [0.4, 0.5) is 0 Å². The fourth-order valence-corrected chi connectivity index (χ4v) is 6.79. The van der Waals surface area contributed by atoms with Crippen molar-refractivity contribution in [2.45, 2.75) is 58.8 Å². The second-order valence-electron chi connectivity index (χ2n) is 9.42. The molecule has 1 aromatic rings. The number of rotatable bonds is 2. The summed E-state index contributed by atoms with van der Waals surface area (Å²) in [4.78, 5) is 0. The van der Waals surface area contributed by atoms with E-state index in [0.717, 1.165) is 24.0 Å². The Bertz CT molecular complexity index is 639. The summed E-state index contributed by atoms with van der Waals surface area (Å²) in [5, 5.41) is 10.4. The zero-order valence-corrected chi connectivity index (χ0v) is 15.6. The van der Waals surface area contributed by atoms with Gasteiger partial charge in [0.1, 0.15) is 5.75 Å². The van der Waals surface area contributed by atoms with Crippen LogP contribution in [0.2, 0.25) is 0 Å². The summed E-state index contributed by atoms with van der Waals surface area (Å²) in [6.45, 7) is 7.62. The SMILES string of the molecule is COc1ccc2c(c1)C[C@](C)(CO)[C@H]1[C@H]3[C@H](C)CC[C@@]3(C)CC[C@H]21. The molecule has 1 aromatic carbocycles. The summed E-state index contributed by atoms with van der Waals surface area (Å²) < 4.78 is 5.46. The standard InChI is InChI=1S/C22H32O2/c1-14-7-9-21(2)10-8-18-17-6-5-16(24-4)11-15(17)12-22(3,13-23)20(18)19(14)21/h5-6,11,14,18-20,23H,7-10,12-13H2,1-4H3/t14-,18-,19-,20-,21+,22-/m1/s1. The molecule has 0 unspecified atom stereocenters. The van der Waals surface area contributed by atoms with Crippen molar-refractivity contribution >= 4 is 0 Å². The summed E-state index contributed by atoms with van der Waals surface area (Å²) in [5.74, 6) is 3.70. The molecule has 1 N–H and O–H groups in total. The van der Waals surface area contributed by atoms with Gasteiger partial charge in [0.2, 0.25) is 0 Å². The van der Waals surface area contributed by atoms with Crippen molar-refractivity contribution in [1.29, 1.82) is 0 Å². The molecule has 24 heavy (non-hydrogen) atoms. The Balaban J connectivity index is 1.83. The van der Waals surface area contributed by atoms with E-state index in [9.17, 15) is 5.11 Å². The van der Waals surface area contributed by atoms with E-state index in [1.165, 1.54) is 36.8 Å². The van der Waals surface area contributed by atoms with Crippen LogP contribution in [0, 0.1) is 28.6 Å². The number of fused-ring (bicyclic) bond motifs is 5. The van der Waals surface area contributed by atoms with Gasteiger partial charge in [0.15, 0.2) is 0 Å². The molecule has 2 saturated carbocycles. The first kappa shape index (κ1) is 16.4. The number of aliphatic hydroxyl groups excluding tert-OH is 1. The minimum atomic E-state index is -0.00498. The Morgan fingerprint density at radius 3 is 2.62 bits per heavy atom. The minimum absolute atomic E-state index is 0.00498. The predicted molar refractivity (Wildman–Crippen MR) is 97.4 cm³/mol. The van der Waals surface area contributed by atoms with E-state index in [-0.39, 0.29) is 5.41 Å². The van der Waals surface area contributed by atoms with E-state index in [1.54, 1.807) is 7.11 Å². The van der Waals surface area contributed by atoms with Crippen LogP contribution in [0.25, 0.3) is 0 Å². The summed E-state index contributed by atoms with van der Waals surface area (Å²) in [5.41, 5.74) is 3.42. The number of aliphatic hydroxyl groups is 1. The van der Waals surface area contributed by atoms with Crippen LogP contribution in [0.5, 0.6) is 5.75 Å². The molecule has 0 aromatic heterocycles. The van der Waals surface area contributed by atoms with Gasteiger partial charge in [-0.05, 0) is 89.9 Å². The van der Waals surface area contributed by atoms with Gasteiger partial charge in [-0.15, -0.1) is 0 Å². The molecule has 6 atom stereocenters. The number of methoxy groups -OCH3 is 1. The van der Waals surface area contributed by atoms with E-state index in [2.05, 4.69) is 39.0 Å². The maximum atomic E-state index is 10.4. The maximum absolute atomic E-state index is 10.4. The molecule has 2 fully saturated rings. The largest absolute Gasteiger partial charge is 0.497 e. The van der Waals surface area contributed by atoms with Crippen LogP contribution in [0.1, 0.15) is 63.5 Å². The van der Waals surface area contributed by atoms with Crippen LogP contribution in [0.3, 0.4) is 0 Å². The topological polar surface area (TPSA) is 29.5 Å². The van der Waals surface area contributed by atoms with E-state index < -0.39 is 0 Å². The molecule has 0 spiro atoms. The third kappa shape index (κ3) is 2.18. The molecular weight excluding hydrogens is 296 g/mol. The average Bonchev–Trinajstić information content (AvgIpc) is 2.89. The highest BCUT2D eigenvalue weighted by molar-refractivity contribution is 5.42. The summed E-state index contributed by atoms with van der Waals surface area (Å²) in [6, 6.07) is 6.65. The van der Waals surface area contributed by atoms with Crippen molar-refractivity contribution in [1.82, 2.24) is 0 Å². The Morgan fingerprint density at radius 1 is 1.17 bits per heavy atom. The summed E-state index contributed by atoms with van der Waals surface area (Å²) in [7, 11) is 1.74. The van der Waals surface area contributed by atoms with Gasteiger partial charge < -0.3 is 9.84 Å². The second kappa shape index (κ2) is 5.49. The first-order valence-corrected chi connectivity index (χ1v) is 9.69. The van der Waals surface area contributed by atoms with Crippen molar-refractivity contribution in [2.24, 2.45) is 28.6 Å². The Morgan fingerprint density at radius 2 is 1.92 bits per heavy atom. The normalized spacial score (nSPS) is 43.7. The van der Waals surface area contributed by atoms with Crippen LogP contribution in [-0.2, 0) is 6.42 Å². The molecule has 2 nitrogen and oxygen atoms in total. The van der Waals surface area contributed by atoms with E-state index >= 15 is 0 Å². The van der Waals surface area contributed by atoms with Crippen molar-refractivity contribution in [3.63, 3.8) is 0 Å². The second-order valence-corrected chi connectivity index (χ2v) is 9.42. The Hall–Kier alpha value is -1.02. The van der Waals surface area contributed by atoms with Crippen molar-refractivity contribution in [3.05, 3.63) is 29.3 Å². The maximum Gasteiger partial charge on any atom is 0.119 e. The Kier molecular flexibility index (Phi) is 3.76. The third-order valence-electron chi connectivity index (χ3n) is 7.95. The fraction of sp³-hybridized carbons (Fsp3) is 0.727. The molecule has 3 aliphatic carbocycles. The molecule has 0 bridgehead atoms. The van der Waals surface area contributed by atoms with Crippen molar-refractivity contribution in [2.75, 3.05) is 13.7 Å². The number of ether oxygens (including phenoxy) is 1. The van der Waals surface area contributed by atoms with Gasteiger partial charge in [0.25, 0.3) is 0 Å². The molecule has 4 rings (SSSR count). The predicted octanol–water partition coefficient (Wildman–Crippen LogP) is 4.80. The highest BCUT2D eigenvalue weighted by Crippen LogP contribution is 2.66. The van der Waals surface area contributed by atoms with E-state index in [0.29, 0.717) is 23.9 Å². The van der Waals surface area contributed by atoms with Crippen LogP contribution in [0.15, 0.2) is 18.2 Å². The lowest BCUT2D eigenvalue weighted by molar-refractivity contribution is -0.0596. The van der Waals surface area contributed by atoms with Crippen LogP contribution < -0.4 is 4.74 Å². The quantitative estimate of drug-likeness (QED) is 0.845. The highest BCUT2D eigenvalue weighted by atomic mass is 16.5. The molecule has 132 valence electrons. The molecule has 0 saturated heterocycles. The zero-order valence-electron chi connectivity index (χ0n) is 15.6. The van der Waals surface area contributed by atoms with Gasteiger partial charge in [-0.25, -0.2) is 0 Å². The van der Waals surface area contributed by atoms with E-state index in [1.807, 2.05) is 0 Å². The lowest BCUT2D eigenvalue weighted by atomic mass is 9.47. The number of hydrogen-bond donors (Lipinski definition) is 1. The van der Waals surface area contributed by atoms with Gasteiger partial charge in [0, 0.05) is 6.61 Å². The lowest BCUT2D eigenvalue weighted by Crippen LogP contribution is -2.51. The highest BCUT2D eigenvalue weighted by Gasteiger charge is 2.58. The van der Waals surface area contributed by atoms with E-state index in [4.69, 9.17) is 4.74 Å². The van der Waals surface area contributed by atoms with Crippen molar-refractivity contribution in [3.8, 4) is 5.75 Å². The summed E-state index contributed by atoms with van der Waals surface area (Å²) >= 11 is 0. The first-order chi connectivity index (χ1) is 11.4. The van der Waals surface area contributed by atoms with Gasteiger partial charge in [-0.3, -0.25) is 0 Å². The average molecular weight is 328 g/mol. The van der Waals surface area contributed by atoms with Crippen LogP contribution in [-0.4, -0.2) is 18.8 Å². The third-order valence-corrected chi connectivity index (χ3v) is 7.95. The number of benzene rings is 1.